The number of anilines is 1. The van der Waals surface area contributed by atoms with Crippen LogP contribution >= 0.6 is 0 Å². The first-order valence-electron chi connectivity index (χ1n) is 7.27. The van der Waals surface area contributed by atoms with Crippen LogP contribution in [0.4, 0.5) is 14.5 Å². The molecule has 0 aromatic heterocycles. The number of nitrogens with zero attached hydrogens (tertiary/aromatic N) is 1. The van der Waals surface area contributed by atoms with E-state index in [9.17, 15) is 13.6 Å². The summed E-state index contributed by atoms with van der Waals surface area (Å²) in [6, 6.07) is 2.12. The maximum absolute atomic E-state index is 13.7. The fraction of sp³-hybridized carbons (Fsp3) is 0.533. The van der Waals surface area contributed by atoms with Crippen LogP contribution in [0.25, 0.3) is 0 Å². The molecule has 1 aromatic rings. The number of hydrogen-bond donors (Lipinski definition) is 2. The van der Waals surface area contributed by atoms with Gasteiger partial charge in [0.25, 0.3) is 5.91 Å². The Hall–Kier alpha value is -1.69. The van der Waals surface area contributed by atoms with Crippen LogP contribution in [0.3, 0.4) is 0 Å². The molecule has 116 valence electrons. The monoisotopic (exact) mass is 297 g/mol. The van der Waals surface area contributed by atoms with Gasteiger partial charge in [-0.3, -0.25) is 4.79 Å². The van der Waals surface area contributed by atoms with Crippen LogP contribution in [0.15, 0.2) is 12.1 Å². The molecule has 1 aromatic carbocycles. The van der Waals surface area contributed by atoms with E-state index in [1.54, 1.807) is 0 Å². The van der Waals surface area contributed by atoms with E-state index in [1.807, 2.05) is 0 Å². The number of piperidine rings is 1. The number of carbonyl (C=O) groups excluding carboxylic acids is 1. The second-order valence-electron chi connectivity index (χ2n) is 5.41. The fourth-order valence-corrected chi connectivity index (χ4v) is 2.61. The van der Waals surface area contributed by atoms with E-state index < -0.39 is 23.1 Å². The Morgan fingerprint density at radius 2 is 2.05 bits per heavy atom. The average Bonchev–Trinajstić information content (AvgIpc) is 2.50. The minimum Gasteiger partial charge on any atom is -0.396 e. The van der Waals surface area contributed by atoms with Crippen molar-refractivity contribution in [2.24, 2.45) is 5.92 Å². The van der Waals surface area contributed by atoms with Crippen LogP contribution in [0.1, 0.15) is 30.1 Å². The van der Waals surface area contributed by atoms with Crippen LogP contribution in [0.2, 0.25) is 0 Å². The van der Waals surface area contributed by atoms with Crippen molar-refractivity contribution >= 4 is 11.6 Å². The molecule has 6 heteroatoms. The quantitative estimate of drug-likeness (QED) is 0.836. The lowest BCUT2D eigenvalue weighted by atomic mass is 9.96. The zero-order valence-corrected chi connectivity index (χ0v) is 12.2. The summed E-state index contributed by atoms with van der Waals surface area (Å²) in [7, 11) is 0. The molecular weight excluding hydrogens is 276 g/mol. The third-order valence-electron chi connectivity index (χ3n) is 4.05. The topological polar surface area (TPSA) is 58.4 Å². The van der Waals surface area contributed by atoms with E-state index in [0.29, 0.717) is 12.5 Å². The van der Waals surface area contributed by atoms with Crippen LogP contribution in [0, 0.1) is 17.6 Å². The molecule has 0 bridgehead atoms. The summed E-state index contributed by atoms with van der Waals surface area (Å²) in [4.78, 5) is 14.3. The van der Waals surface area contributed by atoms with Crippen molar-refractivity contribution in [3.05, 3.63) is 29.3 Å². The van der Waals surface area contributed by atoms with Crippen LogP contribution in [-0.2, 0) is 0 Å². The van der Waals surface area contributed by atoms with E-state index >= 15 is 0 Å². The Morgan fingerprint density at radius 1 is 1.38 bits per heavy atom. The number of nitrogens with one attached hydrogen (secondary N) is 1. The van der Waals surface area contributed by atoms with Crippen LogP contribution in [0.5, 0.6) is 0 Å². The number of benzene rings is 1. The number of nitrogen functional groups attached to an aromatic ring is 1. The highest BCUT2D eigenvalue weighted by Gasteiger charge is 2.22. The standard InChI is InChI=1S/C15H21F2N3O/c1-2-20-7-5-10(6-8-20)9-19-15(21)13-11(16)3-4-12(18)14(13)17/h3-4,10H,2,5-9,18H2,1H3,(H,19,21). The number of hydrogen-bond acceptors (Lipinski definition) is 3. The van der Waals surface area contributed by atoms with Gasteiger partial charge in [0.05, 0.1) is 5.69 Å². The van der Waals surface area contributed by atoms with E-state index in [4.69, 9.17) is 5.73 Å². The molecule has 1 aliphatic rings. The van der Waals surface area contributed by atoms with Crippen molar-refractivity contribution < 1.29 is 13.6 Å². The van der Waals surface area contributed by atoms with Gasteiger partial charge in [-0.2, -0.15) is 0 Å². The molecular formula is C15H21F2N3O. The minimum absolute atomic E-state index is 0.224. The molecule has 0 aliphatic carbocycles. The molecule has 0 saturated carbocycles. The van der Waals surface area contributed by atoms with Crippen molar-refractivity contribution in [3.8, 4) is 0 Å². The van der Waals surface area contributed by atoms with Crippen molar-refractivity contribution in [2.45, 2.75) is 19.8 Å². The van der Waals surface area contributed by atoms with E-state index in [-0.39, 0.29) is 5.69 Å². The summed E-state index contributed by atoms with van der Waals surface area (Å²) in [5, 5.41) is 2.62. The van der Waals surface area contributed by atoms with E-state index in [1.165, 1.54) is 0 Å². The SMILES string of the molecule is CCN1CCC(CNC(=O)c2c(F)ccc(N)c2F)CC1. The Labute approximate surface area is 123 Å². The highest BCUT2D eigenvalue weighted by atomic mass is 19.1. The number of rotatable bonds is 4. The summed E-state index contributed by atoms with van der Waals surface area (Å²) in [5.41, 5.74) is 4.55. The van der Waals surface area contributed by atoms with Crippen LogP contribution < -0.4 is 11.1 Å². The van der Waals surface area contributed by atoms with Crippen LogP contribution in [-0.4, -0.2) is 37.0 Å². The van der Waals surface area contributed by atoms with Gasteiger partial charge >= 0.3 is 0 Å². The van der Waals surface area contributed by atoms with Gasteiger partial charge in [-0.15, -0.1) is 0 Å². The zero-order valence-electron chi connectivity index (χ0n) is 12.2. The maximum atomic E-state index is 13.7. The maximum Gasteiger partial charge on any atom is 0.257 e. The molecule has 2 rings (SSSR count). The Morgan fingerprint density at radius 3 is 2.67 bits per heavy atom. The van der Waals surface area contributed by atoms with Crippen molar-refractivity contribution in [1.29, 1.82) is 0 Å². The highest BCUT2D eigenvalue weighted by molar-refractivity contribution is 5.95. The molecule has 0 radical (unpaired) electrons. The summed E-state index contributed by atoms with van der Waals surface area (Å²) in [6.07, 6.45) is 1.96. The fourth-order valence-electron chi connectivity index (χ4n) is 2.61. The summed E-state index contributed by atoms with van der Waals surface area (Å²) in [5.74, 6) is -2.27. The number of nitrogens with two attached hydrogens (primary N) is 1. The van der Waals surface area contributed by atoms with Gasteiger partial charge in [-0.05, 0) is 50.5 Å². The second kappa shape index (κ2) is 6.85. The Balaban J connectivity index is 1.93. The lowest BCUT2D eigenvalue weighted by Gasteiger charge is -2.31. The smallest absolute Gasteiger partial charge is 0.257 e. The summed E-state index contributed by atoms with van der Waals surface area (Å²) < 4.78 is 27.3. The van der Waals surface area contributed by atoms with Gasteiger partial charge in [-0.25, -0.2) is 8.78 Å². The average molecular weight is 297 g/mol. The van der Waals surface area contributed by atoms with Gasteiger partial charge in [-0.1, -0.05) is 6.92 Å². The van der Waals surface area contributed by atoms with Crippen molar-refractivity contribution in [2.75, 3.05) is 31.9 Å². The molecule has 1 saturated heterocycles. The highest BCUT2D eigenvalue weighted by Crippen LogP contribution is 2.19. The van der Waals surface area contributed by atoms with E-state index in [0.717, 1.165) is 44.6 Å². The molecule has 1 amide bonds. The number of halogens is 2. The number of amides is 1. The molecule has 1 aliphatic heterocycles. The number of carbonyl (C=O) groups is 1. The Kier molecular flexibility index (Phi) is 5.12. The molecule has 0 atom stereocenters. The first-order valence-corrected chi connectivity index (χ1v) is 7.27. The lowest BCUT2D eigenvalue weighted by Crippen LogP contribution is -2.38. The van der Waals surface area contributed by atoms with Gasteiger partial charge in [0.1, 0.15) is 11.4 Å². The molecule has 1 heterocycles. The van der Waals surface area contributed by atoms with Gasteiger partial charge in [0, 0.05) is 6.54 Å². The normalized spacial score (nSPS) is 16.9. The first-order chi connectivity index (χ1) is 10.0. The van der Waals surface area contributed by atoms with Crippen molar-refractivity contribution in [1.82, 2.24) is 10.2 Å². The largest absolute Gasteiger partial charge is 0.396 e. The molecule has 21 heavy (non-hydrogen) atoms. The third-order valence-corrected chi connectivity index (χ3v) is 4.05. The number of likely N-dealkylation sites (tertiary alicyclic amines) is 1. The molecule has 3 N–H and O–H groups in total. The molecule has 4 nitrogen and oxygen atoms in total. The predicted molar refractivity (Wildman–Crippen MR) is 77.9 cm³/mol. The molecule has 1 fully saturated rings. The summed E-state index contributed by atoms with van der Waals surface area (Å²) in [6.45, 7) is 5.58. The Bertz CT molecular complexity index is 514. The molecule has 0 unspecified atom stereocenters. The zero-order chi connectivity index (χ0) is 15.4. The second-order valence-corrected chi connectivity index (χ2v) is 5.41. The third kappa shape index (κ3) is 3.69. The van der Waals surface area contributed by atoms with E-state index in [2.05, 4.69) is 17.1 Å². The summed E-state index contributed by atoms with van der Waals surface area (Å²) >= 11 is 0. The van der Waals surface area contributed by atoms with Gasteiger partial charge in [0.2, 0.25) is 0 Å². The molecule has 0 spiro atoms. The van der Waals surface area contributed by atoms with Gasteiger partial charge < -0.3 is 16.0 Å². The lowest BCUT2D eigenvalue weighted by molar-refractivity contribution is 0.0928. The first kappa shape index (κ1) is 15.7. The minimum atomic E-state index is -0.992. The van der Waals surface area contributed by atoms with Crippen molar-refractivity contribution in [3.63, 3.8) is 0 Å². The predicted octanol–water partition coefficient (Wildman–Crippen LogP) is 2.01. The van der Waals surface area contributed by atoms with Gasteiger partial charge in [0.15, 0.2) is 5.82 Å².